The third-order valence-corrected chi connectivity index (χ3v) is 3.37. The van der Waals surface area contributed by atoms with E-state index in [2.05, 4.69) is 4.98 Å². The number of rotatable bonds is 5. The SMILES string of the molecule is COc1cc(C2(OCC(N)=O)CCCC2)ccn1. The molecule has 0 atom stereocenters. The molecule has 1 fully saturated rings. The summed E-state index contributed by atoms with van der Waals surface area (Å²) < 4.78 is 10.9. The Bertz CT molecular complexity index is 428. The van der Waals surface area contributed by atoms with Gasteiger partial charge in [0.25, 0.3) is 0 Å². The van der Waals surface area contributed by atoms with Crippen LogP contribution in [0.3, 0.4) is 0 Å². The van der Waals surface area contributed by atoms with E-state index >= 15 is 0 Å². The number of carbonyl (C=O) groups is 1. The Morgan fingerprint density at radius 3 is 2.83 bits per heavy atom. The lowest BCUT2D eigenvalue weighted by atomic mass is 9.92. The summed E-state index contributed by atoms with van der Waals surface area (Å²) in [5.41, 5.74) is 5.76. The predicted molar refractivity (Wildman–Crippen MR) is 66.1 cm³/mol. The quantitative estimate of drug-likeness (QED) is 0.856. The zero-order chi connectivity index (χ0) is 13.0. The van der Waals surface area contributed by atoms with E-state index in [1.165, 1.54) is 0 Å². The maximum Gasteiger partial charge on any atom is 0.243 e. The minimum atomic E-state index is -0.442. The number of hydrogen-bond donors (Lipinski definition) is 1. The standard InChI is InChI=1S/C13H18N2O3/c1-17-12-8-10(4-7-15-12)13(5-2-3-6-13)18-9-11(14)16/h4,7-8H,2-3,5-6,9H2,1H3,(H2,14,16). The molecule has 5 heteroatoms. The predicted octanol–water partition coefficient (Wildman–Crippen LogP) is 1.36. The normalized spacial score (nSPS) is 17.6. The molecule has 0 aliphatic heterocycles. The van der Waals surface area contributed by atoms with Gasteiger partial charge >= 0.3 is 0 Å². The van der Waals surface area contributed by atoms with Gasteiger partial charge in [-0.05, 0) is 24.5 Å². The second-order valence-corrected chi connectivity index (χ2v) is 4.54. The van der Waals surface area contributed by atoms with Crippen molar-refractivity contribution >= 4 is 5.91 Å². The van der Waals surface area contributed by atoms with Crippen LogP contribution in [0.5, 0.6) is 5.88 Å². The number of amides is 1. The van der Waals surface area contributed by atoms with Crippen LogP contribution in [0.4, 0.5) is 0 Å². The highest BCUT2D eigenvalue weighted by molar-refractivity contribution is 5.75. The third-order valence-electron chi connectivity index (χ3n) is 3.37. The minimum absolute atomic E-state index is 0.0510. The maximum absolute atomic E-state index is 10.9. The number of primary amides is 1. The van der Waals surface area contributed by atoms with Gasteiger partial charge in [-0.25, -0.2) is 4.98 Å². The number of hydrogen-bond acceptors (Lipinski definition) is 4. The number of methoxy groups -OCH3 is 1. The van der Waals surface area contributed by atoms with E-state index in [-0.39, 0.29) is 6.61 Å². The second kappa shape index (κ2) is 5.35. The van der Waals surface area contributed by atoms with E-state index in [1.807, 2.05) is 12.1 Å². The fourth-order valence-corrected chi connectivity index (χ4v) is 2.48. The summed E-state index contributed by atoms with van der Waals surface area (Å²) in [4.78, 5) is 15.0. The van der Waals surface area contributed by atoms with Crippen molar-refractivity contribution in [2.75, 3.05) is 13.7 Å². The highest BCUT2D eigenvalue weighted by atomic mass is 16.5. The van der Waals surface area contributed by atoms with Crippen molar-refractivity contribution in [3.8, 4) is 5.88 Å². The van der Waals surface area contributed by atoms with E-state index in [0.29, 0.717) is 5.88 Å². The van der Waals surface area contributed by atoms with E-state index in [4.69, 9.17) is 15.2 Å². The van der Waals surface area contributed by atoms with Crippen LogP contribution in [-0.4, -0.2) is 24.6 Å². The lowest BCUT2D eigenvalue weighted by Crippen LogP contribution is -2.31. The van der Waals surface area contributed by atoms with E-state index < -0.39 is 11.5 Å². The molecule has 0 aromatic carbocycles. The average Bonchev–Trinajstić information content (AvgIpc) is 2.86. The molecule has 0 radical (unpaired) electrons. The summed E-state index contributed by atoms with van der Waals surface area (Å²) in [7, 11) is 1.58. The fraction of sp³-hybridized carbons (Fsp3) is 0.538. The molecule has 1 amide bonds. The molecule has 1 aromatic rings. The van der Waals surface area contributed by atoms with Gasteiger partial charge in [0, 0.05) is 12.3 Å². The fourth-order valence-electron chi connectivity index (χ4n) is 2.48. The average molecular weight is 250 g/mol. The van der Waals surface area contributed by atoms with Gasteiger partial charge in [-0.3, -0.25) is 4.79 Å². The van der Waals surface area contributed by atoms with Crippen molar-refractivity contribution in [3.05, 3.63) is 23.9 Å². The monoisotopic (exact) mass is 250 g/mol. The van der Waals surface area contributed by atoms with Gasteiger partial charge in [-0.15, -0.1) is 0 Å². The Morgan fingerprint density at radius 2 is 2.22 bits per heavy atom. The molecule has 1 aromatic heterocycles. The molecule has 0 bridgehead atoms. The van der Waals surface area contributed by atoms with Crippen molar-refractivity contribution in [2.24, 2.45) is 5.73 Å². The second-order valence-electron chi connectivity index (χ2n) is 4.54. The van der Waals surface area contributed by atoms with E-state index in [1.54, 1.807) is 13.3 Å². The molecule has 1 aliphatic rings. The van der Waals surface area contributed by atoms with Gasteiger partial charge in [0.2, 0.25) is 11.8 Å². The van der Waals surface area contributed by atoms with Gasteiger partial charge in [0.1, 0.15) is 6.61 Å². The summed E-state index contributed by atoms with van der Waals surface area (Å²) >= 11 is 0. The number of ether oxygens (including phenoxy) is 2. The molecular weight excluding hydrogens is 232 g/mol. The number of aromatic nitrogens is 1. The van der Waals surface area contributed by atoms with Gasteiger partial charge in [0.15, 0.2) is 0 Å². The molecule has 0 unspecified atom stereocenters. The molecule has 5 nitrogen and oxygen atoms in total. The largest absolute Gasteiger partial charge is 0.481 e. The molecule has 2 N–H and O–H groups in total. The molecule has 0 spiro atoms. The highest BCUT2D eigenvalue weighted by Gasteiger charge is 2.37. The van der Waals surface area contributed by atoms with Gasteiger partial charge in [-0.1, -0.05) is 12.8 Å². The Kier molecular flexibility index (Phi) is 3.81. The molecule has 1 heterocycles. The smallest absolute Gasteiger partial charge is 0.243 e. The van der Waals surface area contributed by atoms with Crippen LogP contribution in [0.1, 0.15) is 31.2 Å². The van der Waals surface area contributed by atoms with Crippen LogP contribution in [0.15, 0.2) is 18.3 Å². The first-order chi connectivity index (χ1) is 8.66. The summed E-state index contributed by atoms with van der Waals surface area (Å²) in [6, 6.07) is 3.78. The topological polar surface area (TPSA) is 74.4 Å². The third kappa shape index (κ3) is 2.61. The Hall–Kier alpha value is -1.62. The van der Waals surface area contributed by atoms with Crippen molar-refractivity contribution < 1.29 is 14.3 Å². The van der Waals surface area contributed by atoms with Crippen LogP contribution >= 0.6 is 0 Å². The van der Waals surface area contributed by atoms with Gasteiger partial charge in [-0.2, -0.15) is 0 Å². The highest BCUT2D eigenvalue weighted by Crippen LogP contribution is 2.42. The summed E-state index contributed by atoms with van der Waals surface area (Å²) in [5.74, 6) is 0.115. The summed E-state index contributed by atoms with van der Waals surface area (Å²) in [6.45, 7) is -0.0510. The molecule has 1 aliphatic carbocycles. The Balaban J connectivity index is 2.25. The summed E-state index contributed by atoms with van der Waals surface area (Å²) in [5, 5.41) is 0. The number of nitrogens with two attached hydrogens (primary N) is 1. The molecule has 18 heavy (non-hydrogen) atoms. The first kappa shape index (κ1) is 12.8. The Labute approximate surface area is 106 Å². The maximum atomic E-state index is 10.9. The molecular formula is C13H18N2O3. The molecule has 98 valence electrons. The minimum Gasteiger partial charge on any atom is -0.481 e. The number of carbonyl (C=O) groups excluding carboxylic acids is 1. The summed E-state index contributed by atoms with van der Waals surface area (Å²) in [6.07, 6.45) is 5.66. The Morgan fingerprint density at radius 1 is 1.50 bits per heavy atom. The van der Waals surface area contributed by atoms with Crippen molar-refractivity contribution in [3.63, 3.8) is 0 Å². The van der Waals surface area contributed by atoms with Crippen LogP contribution in [-0.2, 0) is 15.1 Å². The van der Waals surface area contributed by atoms with E-state index in [9.17, 15) is 4.79 Å². The molecule has 2 rings (SSSR count). The lowest BCUT2D eigenvalue weighted by Gasteiger charge is -2.29. The van der Waals surface area contributed by atoms with Gasteiger partial charge in [0.05, 0.1) is 12.7 Å². The van der Waals surface area contributed by atoms with Crippen molar-refractivity contribution in [1.82, 2.24) is 4.98 Å². The van der Waals surface area contributed by atoms with Crippen LogP contribution in [0, 0.1) is 0 Å². The first-order valence-electron chi connectivity index (χ1n) is 6.09. The number of pyridine rings is 1. The van der Waals surface area contributed by atoms with Crippen LogP contribution < -0.4 is 10.5 Å². The molecule has 0 saturated heterocycles. The van der Waals surface area contributed by atoms with Crippen LogP contribution in [0.2, 0.25) is 0 Å². The van der Waals surface area contributed by atoms with Crippen LogP contribution in [0.25, 0.3) is 0 Å². The zero-order valence-electron chi connectivity index (χ0n) is 10.5. The van der Waals surface area contributed by atoms with Crippen molar-refractivity contribution in [2.45, 2.75) is 31.3 Å². The van der Waals surface area contributed by atoms with Crippen molar-refractivity contribution in [1.29, 1.82) is 0 Å². The first-order valence-corrected chi connectivity index (χ1v) is 6.09. The van der Waals surface area contributed by atoms with E-state index in [0.717, 1.165) is 31.2 Å². The zero-order valence-corrected chi connectivity index (χ0v) is 10.5. The lowest BCUT2D eigenvalue weighted by molar-refractivity contribution is -0.130. The number of nitrogens with zero attached hydrogens (tertiary/aromatic N) is 1. The van der Waals surface area contributed by atoms with Gasteiger partial charge < -0.3 is 15.2 Å². The molecule has 1 saturated carbocycles.